The van der Waals surface area contributed by atoms with Crippen LogP contribution in [0.1, 0.15) is 28.3 Å². The van der Waals surface area contributed by atoms with Gasteiger partial charge in [0.2, 0.25) is 0 Å². The third-order valence-corrected chi connectivity index (χ3v) is 3.16. The molecule has 1 aliphatic heterocycles. The summed E-state index contributed by atoms with van der Waals surface area (Å²) in [6.45, 7) is 3.03. The lowest BCUT2D eigenvalue weighted by Crippen LogP contribution is -2.18. The molecule has 1 fully saturated rings. The highest BCUT2D eigenvalue weighted by Crippen LogP contribution is 2.16. The van der Waals surface area contributed by atoms with Gasteiger partial charge in [-0.15, -0.1) is 11.3 Å². The molecular weight excluding hydrogens is 200 g/mol. The first-order valence-corrected chi connectivity index (χ1v) is 5.54. The van der Waals surface area contributed by atoms with Gasteiger partial charge in [0.25, 0.3) is 0 Å². The largest absolute Gasteiger partial charge is 0.476 e. The molecule has 0 aromatic carbocycles. The maximum absolute atomic E-state index is 10.6. The molecule has 0 saturated carbocycles. The number of aromatic nitrogens is 1. The highest BCUT2D eigenvalue weighted by Gasteiger charge is 2.15. The van der Waals surface area contributed by atoms with E-state index in [0.717, 1.165) is 24.6 Å². The number of rotatable bonds is 3. The minimum absolute atomic E-state index is 0.171. The van der Waals surface area contributed by atoms with Gasteiger partial charge in [0.1, 0.15) is 5.01 Å². The molecule has 0 amide bonds. The molecule has 2 rings (SSSR count). The van der Waals surface area contributed by atoms with E-state index < -0.39 is 5.97 Å². The number of carboxylic acids is 1. The van der Waals surface area contributed by atoms with E-state index in [9.17, 15) is 4.79 Å². The number of thiazole rings is 1. The van der Waals surface area contributed by atoms with Gasteiger partial charge in [0.05, 0.1) is 6.54 Å². The Morgan fingerprint density at radius 1 is 1.57 bits per heavy atom. The number of hydrogen-bond acceptors (Lipinski definition) is 4. The molecule has 1 aromatic rings. The fourth-order valence-corrected chi connectivity index (χ4v) is 2.42. The van der Waals surface area contributed by atoms with Crippen molar-refractivity contribution in [3.8, 4) is 0 Å². The SMILES string of the molecule is O=C(O)c1csc(CN2CCCC2)n1. The van der Waals surface area contributed by atoms with Crippen molar-refractivity contribution in [2.45, 2.75) is 19.4 Å². The first-order chi connectivity index (χ1) is 6.75. The molecule has 0 radical (unpaired) electrons. The van der Waals surface area contributed by atoms with Crippen LogP contribution in [-0.2, 0) is 6.54 Å². The van der Waals surface area contributed by atoms with Crippen molar-refractivity contribution in [1.29, 1.82) is 0 Å². The molecule has 0 atom stereocenters. The zero-order valence-corrected chi connectivity index (χ0v) is 8.59. The average molecular weight is 212 g/mol. The van der Waals surface area contributed by atoms with Crippen LogP contribution >= 0.6 is 11.3 Å². The summed E-state index contributed by atoms with van der Waals surface area (Å²) in [4.78, 5) is 16.9. The Morgan fingerprint density at radius 2 is 2.29 bits per heavy atom. The maximum Gasteiger partial charge on any atom is 0.355 e. The monoisotopic (exact) mass is 212 g/mol. The fourth-order valence-electron chi connectivity index (χ4n) is 1.61. The van der Waals surface area contributed by atoms with Crippen molar-refractivity contribution in [3.05, 3.63) is 16.1 Å². The quantitative estimate of drug-likeness (QED) is 0.823. The van der Waals surface area contributed by atoms with Crippen LogP contribution in [0.15, 0.2) is 5.38 Å². The molecule has 5 heteroatoms. The predicted molar refractivity (Wildman–Crippen MR) is 53.6 cm³/mol. The molecule has 76 valence electrons. The van der Waals surface area contributed by atoms with Crippen molar-refractivity contribution < 1.29 is 9.90 Å². The van der Waals surface area contributed by atoms with E-state index in [1.165, 1.54) is 24.2 Å². The van der Waals surface area contributed by atoms with E-state index in [1.54, 1.807) is 5.38 Å². The van der Waals surface area contributed by atoms with Crippen LogP contribution in [-0.4, -0.2) is 34.0 Å². The molecule has 0 aliphatic carbocycles. The molecule has 0 bridgehead atoms. The first kappa shape index (κ1) is 9.61. The smallest absolute Gasteiger partial charge is 0.355 e. The van der Waals surface area contributed by atoms with Gasteiger partial charge in [-0.3, -0.25) is 4.90 Å². The van der Waals surface area contributed by atoms with Gasteiger partial charge >= 0.3 is 5.97 Å². The number of carboxylic acid groups (broad SMARTS) is 1. The summed E-state index contributed by atoms with van der Waals surface area (Å²) in [5.74, 6) is -0.936. The minimum atomic E-state index is -0.936. The molecule has 2 heterocycles. The zero-order valence-electron chi connectivity index (χ0n) is 7.77. The summed E-state index contributed by atoms with van der Waals surface area (Å²) >= 11 is 1.43. The van der Waals surface area contributed by atoms with Gasteiger partial charge in [0, 0.05) is 5.38 Å². The van der Waals surface area contributed by atoms with E-state index in [1.807, 2.05) is 0 Å². The second kappa shape index (κ2) is 4.06. The van der Waals surface area contributed by atoms with Crippen LogP contribution in [0.4, 0.5) is 0 Å². The molecule has 1 aromatic heterocycles. The standard InChI is InChI=1S/C9H12N2O2S/c12-9(13)7-6-14-8(10-7)5-11-3-1-2-4-11/h6H,1-5H2,(H,12,13). The van der Waals surface area contributed by atoms with Gasteiger partial charge < -0.3 is 5.11 Å². The molecule has 14 heavy (non-hydrogen) atoms. The number of hydrogen-bond donors (Lipinski definition) is 1. The Labute approximate surface area is 86.2 Å². The third-order valence-electron chi connectivity index (χ3n) is 2.33. The Kier molecular flexibility index (Phi) is 2.79. The zero-order chi connectivity index (χ0) is 9.97. The number of likely N-dealkylation sites (tertiary alicyclic amines) is 1. The topological polar surface area (TPSA) is 53.4 Å². The maximum atomic E-state index is 10.6. The fraction of sp³-hybridized carbons (Fsp3) is 0.556. The Bertz CT molecular complexity index is 331. The van der Waals surface area contributed by atoms with E-state index in [4.69, 9.17) is 5.11 Å². The van der Waals surface area contributed by atoms with E-state index in [-0.39, 0.29) is 5.69 Å². The van der Waals surface area contributed by atoms with E-state index in [2.05, 4.69) is 9.88 Å². The molecule has 0 unspecified atom stereocenters. The second-order valence-electron chi connectivity index (χ2n) is 3.41. The van der Waals surface area contributed by atoms with Crippen LogP contribution in [0.25, 0.3) is 0 Å². The highest BCUT2D eigenvalue weighted by molar-refractivity contribution is 7.09. The average Bonchev–Trinajstić information content (AvgIpc) is 2.75. The van der Waals surface area contributed by atoms with Crippen molar-refractivity contribution in [3.63, 3.8) is 0 Å². The third kappa shape index (κ3) is 2.10. The van der Waals surface area contributed by atoms with Crippen LogP contribution in [0, 0.1) is 0 Å². The number of aromatic carboxylic acids is 1. The molecule has 1 saturated heterocycles. The lowest BCUT2D eigenvalue weighted by Gasteiger charge is -2.11. The summed E-state index contributed by atoms with van der Waals surface area (Å²) in [7, 11) is 0. The normalized spacial score (nSPS) is 17.4. The van der Waals surface area contributed by atoms with Crippen molar-refractivity contribution in [1.82, 2.24) is 9.88 Å². The van der Waals surface area contributed by atoms with Gasteiger partial charge in [-0.25, -0.2) is 9.78 Å². The van der Waals surface area contributed by atoms with Crippen molar-refractivity contribution in [2.24, 2.45) is 0 Å². The first-order valence-electron chi connectivity index (χ1n) is 4.66. The van der Waals surface area contributed by atoms with Crippen molar-refractivity contribution in [2.75, 3.05) is 13.1 Å². The van der Waals surface area contributed by atoms with E-state index >= 15 is 0 Å². The summed E-state index contributed by atoms with van der Waals surface area (Å²) in [5.41, 5.74) is 0.171. The number of nitrogens with zero attached hydrogens (tertiary/aromatic N) is 2. The second-order valence-corrected chi connectivity index (χ2v) is 4.36. The summed E-state index contributed by atoms with van der Waals surface area (Å²) in [6.07, 6.45) is 2.49. The summed E-state index contributed by atoms with van der Waals surface area (Å²) < 4.78 is 0. The Balaban J connectivity index is 1.98. The van der Waals surface area contributed by atoms with E-state index in [0.29, 0.717) is 0 Å². The van der Waals surface area contributed by atoms with Crippen LogP contribution < -0.4 is 0 Å². The van der Waals surface area contributed by atoms with Crippen LogP contribution in [0.2, 0.25) is 0 Å². The Morgan fingerprint density at radius 3 is 2.86 bits per heavy atom. The van der Waals surface area contributed by atoms with Gasteiger partial charge in [-0.2, -0.15) is 0 Å². The van der Waals surface area contributed by atoms with Gasteiger partial charge in [-0.1, -0.05) is 0 Å². The lowest BCUT2D eigenvalue weighted by atomic mass is 10.4. The highest BCUT2D eigenvalue weighted by atomic mass is 32.1. The summed E-state index contributed by atoms with van der Waals surface area (Å²) in [5, 5.41) is 11.2. The number of carbonyl (C=O) groups is 1. The lowest BCUT2D eigenvalue weighted by molar-refractivity contribution is 0.0691. The minimum Gasteiger partial charge on any atom is -0.476 e. The van der Waals surface area contributed by atoms with Gasteiger partial charge in [-0.05, 0) is 25.9 Å². The van der Waals surface area contributed by atoms with Gasteiger partial charge in [0.15, 0.2) is 5.69 Å². The summed E-state index contributed by atoms with van der Waals surface area (Å²) in [6, 6.07) is 0. The molecule has 4 nitrogen and oxygen atoms in total. The predicted octanol–water partition coefficient (Wildman–Crippen LogP) is 1.44. The van der Waals surface area contributed by atoms with Crippen molar-refractivity contribution >= 4 is 17.3 Å². The van der Waals surface area contributed by atoms with Crippen LogP contribution in [0.5, 0.6) is 0 Å². The Hall–Kier alpha value is -0.940. The molecule has 1 aliphatic rings. The molecule has 1 N–H and O–H groups in total. The van der Waals surface area contributed by atoms with Crippen LogP contribution in [0.3, 0.4) is 0 Å². The molecular formula is C9H12N2O2S. The molecule has 0 spiro atoms.